The number of benzene rings is 2. The summed E-state index contributed by atoms with van der Waals surface area (Å²) >= 11 is 0. The third kappa shape index (κ3) is 2.81. The van der Waals surface area contributed by atoms with E-state index in [1.165, 1.54) is 0 Å². The molecule has 0 radical (unpaired) electrons. The van der Waals surface area contributed by atoms with Crippen LogP contribution < -0.4 is 11.1 Å². The highest BCUT2D eigenvalue weighted by atomic mass is 15.1. The number of hydrogen-bond acceptors (Lipinski definition) is 3. The standard InChI is InChI=1S/C19H16N6/c20-19(21)23-14-10-8-13(9-11-14)17-24-16-7-4-12-22-18(16)25(17)15-5-2-1-3-6-15/h1-12H,(H4,20,21,23). The first-order valence-electron chi connectivity index (χ1n) is 7.83. The minimum Gasteiger partial charge on any atom is -0.370 e. The summed E-state index contributed by atoms with van der Waals surface area (Å²) in [6.07, 6.45) is 1.77. The predicted octanol–water partition coefficient (Wildman–Crippen LogP) is 3.39. The molecule has 6 nitrogen and oxygen atoms in total. The molecule has 4 rings (SSSR count). The number of nitrogens with one attached hydrogen (secondary N) is 2. The molecule has 4 aromatic rings. The minimum absolute atomic E-state index is 0.0894. The molecular formula is C19H16N6. The van der Waals surface area contributed by atoms with Gasteiger partial charge in [-0.1, -0.05) is 18.2 Å². The van der Waals surface area contributed by atoms with Crippen molar-refractivity contribution >= 4 is 22.8 Å². The lowest BCUT2D eigenvalue weighted by molar-refractivity contribution is 1.08. The van der Waals surface area contributed by atoms with Gasteiger partial charge in [-0.2, -0.15) is 0 Å². The number of rotatable bonds is 3. The van der Waals surface area contributed by atoms with Crippen molar-refractivity contribution in [3.63, 3.8) is 0 Å². The SMILES string of the molecule is N=C(N)Nc1ccc(-c2nc3cccnc3n2-c2ccccc2)cc1. The average molecular weight is 328 g/mol. The van der Waals surface area contributed by atoms with E-state index in [1.54, 1.807) is 6.20 Å². The van der Waals surface area contributed by atoms with Crippen LogP contribution in [-0.4, -0.2) is 20.5 Å². The molecule has 0 saturated carbocycles. The molecule has 122 valence electrons. The molecule has 0 aliphatic heterocycles. The Bertz CT molecular complexity index is 1030. The molecule has 0 aliphatic carbocycles. The van der Waals surface area contributed by atoms with Crippen LogP contribution in [0.2, 0.25) is 0 Å². The van der Waals surface area contributed by atoms with Crippen molar-refractivity contribution in [2.45, 2.75) is 0 Å². The summed E-state index contributed by atoms with van der Waals surface area (Å²) in [4.78, 5) is 9.27. The number of anilines is 1. The third-order valence-electron chi connectivity index (χ3n) is 3.85. The predicted molar refractivity (Wildman–Crippen MR) is 99.8 cm³/mol. The van der Waals surface area contributed by atoms with Crippen molar-refractivity contribution in [1.82, 2.24) is 14.5 Å². The van der Waals surface area contributed by atoms with E-state index >= 15 is 0 Å². The quantitative estimate of drug-likeness (QED) is 0.397. The Morgan fingerprint density at radius 3 is 2.44 bits per heavy atom. The van der Waals surface area contributed by atoms with E-state index in [0.29, 0.717) is 0 Å². The van der Waals surface area contributed by atoms with Gasteiger partial charge in [0.05, 0.1) is 0 Å². The summed E-state index contributed by atoms with van der Waals surface area (Å²) in [7, 11) is 0. The number of hydrogen-bond donors (Lipinski definition) is 3. The van der Waals surface area contributed by atoms with E-state index in [9.17, 15) is 0 Å². The van der Waals surface area contributed by atoms with Crippen molar-refractivity contribution in [2.24, 2.45) is 5.73 Å². The van der Waals surface area contributed by atoms with Crippen molar-refractivity contribution < 1.29 is 0 Å². The zero-order chi connectivity index (χ0) is 17.2. The summed E-state index contributed by atoms with van der Waals surface area (Å²) in [5, 5.41) is 10.1. The fourth-order valence-corrected chi connectivity index (χ4v) is 2.79. The maximum atomic E-state index is 7.31. The van der Waals surface area contributed by atoms with Crippen molar-refractivity contribution in [3.8, 4) is 17.1 Å². The number of imidazole rings is 1. The maximum Gasteiger partial charge on any atom is 0.190 e. The van der Waals surface area contributed by atoms with Gasteiger partial charge >= 0.3 is 0 Å². The highest BCUT2D eigenvalue weighted by molar-refractivity contribution is 5.90. The highest BCUT2D eigenvalue weighted by Crippen LogP contribution is 2.28. The zero-order valence-electron chi connectivity index (χ0n) is 13.3. The molecule has 0 atom stereocenters. The van der Waals surface area contributed by atoms with Crippen LogP contribution >= 0.6 is 0 Å². The molecule has 6 heteroatoms. The van der Waals surface area contributed by atoms with E-state index in [-0.39, 0.29) is 5.96 Å². The molecule has 0 saturated heterocycles. The van der Waals surface area contributed by atoms with E-state index in [4.69, 9.17) is 16.1 Å². The number of nitrogens with two attached hydrogens (primary N) is 1. The van der Waals surface area contributed by atoms with Gasteiger partial charge < -0.3 is 11.1 Å². The molecule has 0 spiro atoms. The van der Waals surface area contributed by atoms with Crippen LogP contribution in [0.4, 0.5) is 5.69 Å². The van der Waals surface area contributed by atoms with Gasteiger partial charge in [-0.3, -0.25) is 9.98 Å². The Kier molecular flexibility index (Phi) is 3.63. The highest BCUT2D eigenvalue weighted by Gasteiger charge is 2.14. The van der Waals surface area contributed by atoms with Crippen LogP contribution in [0.1, 0.15) is 0 Å². The Morgan fingerprint density at radius 1 is 0.960 bits per heavy atom. The maximum absolute atomic E-state index is 7.31. The van der Waals surface area contributed by atoms with Crippen LogP contribution in [0.5, 0.6) is 0 Å². The monoisotopic (exact) mass is 328 g/mol. The Hall–Kier alpha value is -3.67. The molecule has 2 aromatic heterocycles. The van der Waals surface area contributed by atoms with Gasteiger partial charge in [-0.05, 0) is 48.5 Å². The van der Waals surface area contributed by atoms with Gasteiger partial charge in [0.15, 0.2) is 11.6 Å². The Morgan fingerprint density at radius 2 is 1.72 bits per heavy atom. The fourth-order valence-electron chi connectivity index (χ4n) is 2.79. The molecule has 4 N–H and O–H groups in total. The summed E-state index contributed by atoms with van der Waals surface area (Å²) in [5.74, 6) is 0.725. The normalized spacial score (nSPS) is 10.7. The second-order valence-electron chi connectivity index (χ2n) is 5.57. The lowest BCUT2D eigenvalue weighted by Gasteiger charge is -2.09. The van der Waals surface area contributed by atoms with E-state index in [2.05, 4.69) is 10.3 Å². The van der Waals surface area contributed by atoms with Gasteiger partial charge in [0.1, 0.15) is 11.3 Å². The number of nitrogens with zero attached hydrogens (tertiary/aromatic N) is 3. The average Bonchev–Trinajstić information content (AvgIpc) is 3.02. The number of aromatic nitrogens is 3. The van der Waals surface area contributed by atoms with E-state index in [0.717, 1.165) is 33.9 Å². The summed E-state index contributed by atoms with van der Waals surface area (Å²) in [6, 6.07) is 21.5. The second kappa shape index (κ2) is 6.09. The summed E-state index contributed by atoms with van der Waals surface area (Å²) in [5.41, 5.74) is 9.75. The van der Waals surface area contributed by atoms with Gasteiger partial charge in [0.25, 0.3) is 0 Å². The fraction of sp³-hybridized carbons (Fsp3) is 0. The van der Waals surface area contributed by atoms with Crippen LogP contribution in [-0.2, 0) is 0 Å². The van der Waals surface area contributed by atoms with Crippen LogP contribution in [0, 0.1) is 5.41 Å². The third-order valence-corrected chi connectivity index (χ3v) is 3.85. The second-order valence-corrected chi connectivity index (χ2v) is 5.57. The van der Waals surface area contributed by atoms with E-state index in [1.807, 2.05) is 71.3 Å². The lowest BCUT2D eigenvalue weighted by atomic mass is 10.2. The first kappa shape index (κ1) is 14.9. The molecule has 25 heavy (non-hydrogen) atoms. The minimum atomic E-state index is -0.0894. The molecule has 2 heterocycles. The first-order chi connectivity index (χ1) is 12.2. The number of para-hydroxylation sites is 1. The van der Waals surface area contributed by atoms with Crippen molar-refractivity contribution in [1.29, 1.82) is 5.41 Å². The number of guanidine groups is 1. The number of pyridine rings is 1. The molecule has 0 amide bonds. The largest absolute Gasteiger partial charge is 0.370 e. The van der Waals surface area contributed by atoms with Crippen molar-refractivity contribution in [2.75, 3.05) is 5.32 Å². The Labute approximate surface area is 144 Å². The van der Waals surface area contributed by atoms with Gasteiger partial charge in [0.2, 0.25) is 0 Å². The van der Waals surface area contributed by atoms with Gasteiger partial charge in [-0.15, -0.1) is 0 Å². The smallest absolute Gasteiger partial charge is 0.190 e. The molecule has 0 unspecified atom stereocenters. The van der Waals surface area contributed by atoms with E-state index < -0.39 is 0 Å². The lowest BCUT2D eigenvalue weighted by Crippen LogP contribution is -2.20. The molecule has 2 aromatic carbocycles. The summed E-state index contributed by atoms with van der Waals surface area (Å²) < 4.78 is 2.04. The molecule has 0 aliphatic rings. The zero-order valence-corrected chi connectivity index (χ0v) is 13.3. The summed E-state index contributed by atoms with van der Waals surface area (Å²) in [6.45, 7) is 0. The number of fused-ring (bicyclic) bond motifs is 1. The van der Waals surface area contributed by atoms with Crippen molar-refractivity contribution in [3.05, 3.63) is 72.9 Å². The van der Waals surface area contributed by atoms with Crippen LogP contribution in [0.25, 0.3) is 28.2 Å². The Balaban J connectivity index is 1.88. The first-order valence-corrected chi connectivity index (χ1v) is 7.83. The van der Waals surface area contributed by atoms with Gasteiger partial charge in [-0.25, -0.2) is 9.97 Å². The van der Waals surface area contributed by atoms with Gasteiger partial charge in [0, 0.05) is 23.1 Å². The molecule has 0 fully saturated rings. The van der Waals surface area contributed by atoms with Crippen LogP contribution in [0.15, 0.2) is 72.9 Å². The molecular weight excluding hydrogens is 312 g/mol. The van der Waals surface area contributed by atoms with Crippen LogP contribution in [0.3, 0.4) is 0 Å². The molecule has 0 bridgehead atoms. The topological polar surface area (TPSA) is 92.6 Å².